The minimum Gasteiger partial charge on any atom is -0.317 e. The molecule has 0 amide bonds. The third-order valence-electron chi connectivity index (χ3n) is 3.00. The van der Waals surface area contributed by atoms with Gasteiger partial charge in [0.1, 0.15) is 0 Å². The highest BCUT2D eigenvalue weighted by Crippen LogP contribution is 2.38. The molecular weight excluding hydrogens is 134 g/mol. The van der Waals surface area contributed by atoms with Gasteiger partial charge in [-0.3, -0.25) is 0 Å². The van der Waals surface area contributed by atoms with Gasteiger partial charge in [0.25, 0.3) is 0 Å². The van der Waals surface area contributed by atoms with Crippen molar-refractivity contribution in [1.82, 2.24) is 5.32 Å². The second-order valence-corrected chi connectivity index (χ2v) is 4.80. The van der Waals surface area contributed by atoms with Gasteiger partial charge >= 0.3 is 0 Å². The van der Waals surface area contributed by atoms with Crippen molar-refractivity contribution in [3.63, 3.8) is 0 Å². The SMILES string of the molecule is CN[C@@H]1CCC[C@H]1C(C)(C)C. The van der Waals surface area contributed by atoms with Crippen LogP contribution in [0.2, 0.25) is 0 Å². The number of hydrogen-bond donors (Lipinski definition) is 1. The van der Waals surface area contributed by atoms with Gasteiger partial charge in [0.2, 0.25) is 0 Å². The standard InChI is InChI=1S/C10H21N/c1-10(2,3)8-6-5-7-9(8)11-4/h8-9,11H,5-7H2,1-4H3/t8-,9-/m1/s1. The van der Waals surface area contributed by atoms with E-state index in [1.165, 1.54) is 19.3 Å². The highest BCUT2D eigenvalue weighted by atomic mass is 14.9. The predicted molar refractivity (Wildman–Crippen MR) is 49.6 cm³/mol. The van der Waals surface area contributed by atoms with Gasteiger partial charge in [0.05, 0.1) is 0 Å². The maximum Gasteiger partial charge on any atom is 0.00973 e. The normalized spacial score (nSPS) is 32.7. The zero-order chi connectivity index (χ0) is 8.48. The fraction of sp³-hybridized carbons (Fsp3) is 1.00. The zero-order valence-corrected chi connectivity index (χ0v) is 8.28. The molecule has 0 aromatic carbocycles. The van der Waals surface area contributed by atoms with E-state index in [4.69, 9.17) is 0 Å². The molecule has 0 heterocycles. The lowest BCUT2D eigenvalue weighted by atomic mass is 9.78. The smallest absolute Gasteiger partial charge is 0.00973 e. The highest BCUT2D eigenvalue weighted by molar-refractivity contribution is 4.89. The molecule has 0 aliphatic heterocycles. The van der Waals surface area contributed by atoms with E-state index in [0.717, 1.165) is 12.0 Å². The molecular formula is C10H21N. The second-order valence-electron chi connectivity index (χ2n) is 4.80. The topological polar surface area (TPSA) is 12.0 Å². The van der Waals surface area contributed by atoms with E-state index in [0.29, 0.717) is 5.41 Å². The van der Waals surface area contributed by atoms with Crippen molar-refractivity contribution < 1.29 is 0 Å². The maximum absolute atomic E-state index is 3.42. The molecule has 0 bridgehead atoms. The molecule has 1 rings (SSSR count). The average molecular weight is 155 g/mol. The first-order chi connectivity index (χ1) is 5.05. The zero-order valence-electron chi connectivity index (χ0n) is 8.28. The summed E-state index contributed by atoms with van der Waals surface area (Å²) in [7, 11) is 2.09. The number of nitrogens with one attached hydrogen (secondary N) is 1. The monoisotopic (exact) mass is 155 g/mol. The average Bonchev–Trinajstić information content (AvgIpc) is 2.31. The fourth-order valence-corrected chi connectivity index (χ4v) is 2.34. The first-order valence-corrected chi connectivity index (χ1v) is 4.73. The Hall–Kier alpha value is -0.0400. The van der Waals surface area contributed by atoms with E-state index in [9.17, 15) is 0 Å². The largest absolute Gasteiger partial charge is 0.317 e. The first kappa shape index (κ1) is 9.05. The molecule has 0 spiro atoms. The quantitative estimate of drug-likeness (QED) is 0.613. The Kier molecular flexibility index (Phi) is 2.58. The first-order valence-electron chi connectivity index (χ1n) is 4.73. The van der Waals surface area contributed by atoms with Crippen LogP contribution in [0.25, 0.3) is 0 Å². The molecule has 0 radical (unpaired) electrons. The van der Waals surface area contributed by atoms with E-state index in [-0.39, 0.29) is 0 Å². The Balaban J connectivity index is 2.57. The van der Waals surface area contributed by atoms with Gasteiger partial charge in [-0.05, 0) is 31.2 Å². The van der Waals surface area contributed by atoms with Crippen LogP contribution < -0.4 is 5.32 Å². The Morgan fingerprint density at radius 2 is 1.82 bits per heavy atom. The summed E-state index contributed by atoms with van der Waals surface area (Å²) in [6.45, 7) is 7.06. The van der Waals surface area contributed by atoms with Gasteiger partial charge < -0.3 is 5.32 Å². The Labute approximate surface area is 70.6 Å². The molecule has 1 saturated carbocycles. The van der Waals surface area contributed by atoms with Gasteiger partial charge in [-0.25, -0.2) is 0 Å². The molecule has 0 aromatic heterocycles. The lowest BCUT2D eigenvalue weighted by Crippen LogP contribution is -2.36. The van der Waals surface area contributed by atoms with Crippen LogP contribution in [0.4, 0.5) is 0 Å². The molecule has 11 heavy (non-hydrogen) atoms. The van der Waals surface area contributed by atoms with E-state index < -0.39 is 0 Å². The lowest BCUT2D eigenvalue weighted by Gasteiger charge is -2.32. The van der Waals surface area contributed by atoms with Gasteiger partial charge in [-0.2, -0.15) is 0 Å². The third-order valence-corrected chi connectivity index (χ3v) is 3.00. The third kappa shape index (κ3) is 1.96. The summed E-state index contributed by atoms with van der Waals surface area (Å²) in [5.41, 5.74) is 0.490. The van der Waals surface area contributed by atoms with E-state index in [2.05, 4.69) is 33.1 Å². The van der Waals surface area contributed by atoms with Crippen LogP contribution in [-0.4, -0.2) is 13.1 Å². The summed E-state index contributed by atoms with van der Waals surface area (Å²) in [6, 6.07) is 0.773. The van der Waals surface area contributed by atoms with Crippen molar-refractivity contribution in [3.8, 4) is 0 Å². The van der Waals surface area contributed by atoms with Crippen LogP contribution >= 0.6 is 0 Å². The van der Waals surface area contributed by atoms with E-state index in [1.807, 2.05) is 0 Å². The summed E-state index contributed by atoms with van der Waals surface area (Å²) in [5.74, 6) is 0.882. The summed E-state index contributed by atoms with van der Waals surface area (Å²) >= 11 is 0. The van der Waals surface area contributed by atoms with Gasteiger partial charge in [-0.15, -0.1) is 0 Å². The van der Waals surface area contributed by atoms with Crippen LogP contribution in [-0.2, 0) is 0 Å². The van der Waals surface area contributed by atoms with Gasteiger partial charge in [0, 0.05) is 6.04 Å². The van der Waals surface area contributed by atoms with Crippen LogP contribution in [0.15, 0.2) is 0 Å². The summed E-state index contributed by atoms with van der Waals surface area (Å²) < 4.78 is 0. The van der Waals surface area contributed by atoms with Crippen LogP contribution in [0, 0.1) is 11.3 Å². The molecule has 0 saturated heterocycles. The summed E-state index contributed by atoms with van der Waals surface area (Å²) in [6.07, 6.45) is 4.20. The van der Waals surface area contributed by atoms with Crippen LogP contribution in [0.5, 0.6) is 0 Å². The molecule has 2 atom stereocenters. The maximum atomic E-state index is 3.42. The van der Waals surface area contributed by atoms with Gasteiger partial charge in [-0.1, -0.05) is 27.2 Å². The fourth-order valence-electron chi connectivity index (χ4n) is 2.34. The lowest BCUT2D eigenvalue weighted by molar-refractivity contribution is 0.208. The second kappa shape index (κ2) is 3.14. The molecule has 0 unspecified atom stereocenters. The van der Waals surface area contributed by atoms with Crippen molar-refractivity contribution in [2.45, 2.75) is 46.1 Å². The minimum absolute atomic E-state index is 0.490. The molecule has 1 fully saturated rings. The van der Waals surface area contributed by atoms with Crippen molar-refractivity contribution >= 4 is 0 Å². The molecule has 1 nitrogen and oxygen atoms in total. The van der Waals surface area contributed by atoms with Gasteiger partial charge in [0.15, 0.2) is 0 Å². The molecule has 1 aliphatic carbocycles. The molecule has 1 heteroatoms. The highest BCUT2D eigenvalue weighted by Gasteiger charge is 2.34. The minimum atomic E-state index is 0.490. The van der Waals surface area contributed by atoms with Crippen molar-refractivity contribution in [2.24, 2.45) is 11.3 Å². The van der Waals surface area contributed by atoms with E-state index in [1.54, 1.807) is 0 Å². The van der Waals surface area contributed by atoms with E-state index >= 15 is 0 Å². The van der Waals surface area contributed by atoms with Crippen molar-refractivity contribution in [2.75, 3.05) is 7.05 Å². The van der Waals surface area contributed by atoms with Crippen LogP contribution in [0.1, 0.15) is 40.0 Å². The Morgan fingerprint density at radius 1 is 1.18 bits per heavy atom. The predicted octanol–water partition coefficient (Wildman–Crippen LogP) is 2.42. The molecule has 1 N–H and O–H groups in total. The van der Waals surface area contributed by atoms with Crippen molar-refractivity contribution in [3.05, 3.63) is 0 Å². The Morgan fingerprint density at radius 3 is 2.18 bits per heavy atom. The molecule has 66 valence electrons. The summed E-state index contributed by atoms with van der Waals surface area (Å²) in [4.78, 5) is 0. The van der Waals surface area contributed by atoms with Crippen molar-refractivity contribution in [1.29, 1.82) is 0 Å². The van der Waals surface area contributed by atoms with Crippen LogP contribution in [0.3, 0.4) is 0 Å². The number of hydrogen-bond acceptors (Lipinski definition) is 1. The molecule has 0 aromatic rings. The molecule has 1 aliphatic rings. The summed E-state index contributed by atoms with van der Waals surface area (Å²) in [5, 5.41) is 3.42. The Bertz CT molecular complexity index is 123. The number of rotatable bonds is 1.